The van der Waals surface area contributed by atoms with E-state index in [2.05, 4.69) is 6.58 Å². The van der Waals surface area contributed by atoms with E-state index in [1.165, 1.54) is 0 Å². The van der Waals surface area contributed by atoms with Gasteiger partial charge in [0.1, 0.15) is 18.3 Å². The average Bonchev–Trinajstić information content (AvgIpc) is 2.93. The molecule has 0 aromatic rings. The van der Waals surface area contributed by atoms with Crippen molar-refractivity contribution in [2.24, 2.45) is 28.6 Å². The molecule has 0 saturated heterocycles. The van der Waals surface area contributed by atoms with Crippen molar-refractivity contribution in [3.05, 3.63) is 24.2 Å². The van der Waals surface area contributed by atoms with E-state index in [9.17, 15) is 30.0 Å². The molecular formula is C23H32O7. The summed E-state index contributed by atoms with van der Waals surface area (Å²) in [6.07, 6.45) is 2.85. The number of ketones is 2. The summed E-state index contributed by atoms with van der Waals surface area (Å²) >= 11 is 0. The second kappa shape index (κ2) is 6.90. The summed E-state index contributed by atoms with van der Waals surface area (Å²) in [7, 11) is 0. The Kier molecular flexibility index (Phi) is 4.95. The highest BCUT2D eigenvalue weighted by Crippen LogP contribution is 2.67. The molecule has 0 aliphatic heterocycles. The molecule has 4 aliphatic rings. The van der Waals surface area contributed by atoms with Crippen LogP contribution in [0.1, 0.15) is 52.4 Å². The molecule has 4 rings (SSSR count). The number of hydrogen-bond acceptors (Lipinski definition) is 7. The highest BCUT2D eigenvalue weighted by molar-refractivity contribution is 5.92. The molecule has 8 atom stereocenters. The SMILES string of the molecule is C=C(O)OC1CC(=O)C=C2CC[C@@H]3[C@H]([C@@H](O)C[C@@]4(C)[C@H]3CC[C@]4(O)C(=O)CO)[C@]21C. The van der Waals surface area contributed by atoms with Crippen LogP contribution in [0.5, 0.6) is 0 Å². The van der Waals surface area contributed by atoms with Gasteiger partial charge in [0.2, 0.25) is 0 Å². The fourth-order valence-corrected chi connectivity index (χ4v) is 7.62. The number of fused-ring (bicyclic) bond motifs is 5. The number of carbonyl (C=O) groups is 2. The molecule has 0 spiro atoms. The van der Waals surface area contributed by atoms with Crippen molar-refractivity contribution in [1.82, 2.24) is 0 Å². The van der Waals surface area contributed by atoms with Gasteiger partial charge in [0.15, 0.2) is 11.6 Å². The quantitative estimate of drug-likeness (QED) is 0.511. The third kappa shape index (κ3) is 2.68. The molecule has 30 heavy (non-hydrogen) atoms. The van der Waals surface area contributed by atoms with Gasteiger partial charge in [0.05, 0.1) is 6.10 Å². The fourth-order valence-electron chi connectivity index (χ4n) is 7.62. The Morgan fingerprint density at radius 2 is 2.03 bits per heavy atom. The third-order valence-electron chi connectivity index (χ3n) is 9.01. The van der Waals surface area contributed by atoms with Gasteiger partial charge in [-0.2, -0.15) is 0 Å². The lowest BCUT2D eigenvalue weighted by molar-refractivity contribution is -0.194. The lowest BCUT2D eigenvalue weighted by Gasteiger charge is -2.61. The summed E-state index contributed by atoms with van der Waals surface area (Å²) in [4.78, 5) is 24.8. The molecular weight excluding hydrogens is 388 g/mol. The second-order valence-corrected chi connectivity index (χ2v) is 10.1. The Morgan fingerprint density at radius 3 is 2.67 bits per heavy atom. The Bertz CT molecular complexity index is 818. The molecule has 4 aliphatic carbocycles. The number of Topliss-reactive ketones (excluding diaryl/α,β-unsaturated/α-hetero) is 1. The van der Waals surface area contributed by atoms with E-state index in [-0.39, 0.29) is 42.8 Å². The van der Waals surface area contributed by atoms with Gasteiger partial charge >= 0.3 is 0 Å². The van der Waals surface area contributed by atoms with E-state index in [4.69, 9.17) is 4.74 Å². The van der Waals surface area contributed by atoms with Crippen LogP contribution in [0.2, 0.25) is 0 Å². The van der Waals surface area contributed by atoms with Crippen molar-refractivity contribution in [1.29, 1.82) is 0 Å². The van der Waals surface area contributed by atoms with Crippen molar-refractivity contribution >= 4 is 11.6 Å². The molecule has 0 bridgehead atoms. The maximum absolute atomic E-state index is 12.5. The highest BCUT2D eigenvalue weighted by Gasteiger charge is 2.69. The first kappa shape index (κ1) is 21.5. The molecule has 0 amide bonds. The maximum atomic E-state index is 12.5. The zero-order valence-electron chi connectivity index (χ0n) is 17.6. The van der Waals surface area contributed by atoms with Gasteiger partial charge in [-0.1, -0.05) is 19.4 Å². The van der Waals surface area contributed by atoms with Crippen molar-refractivity contribution in [2.45, 2.75) is 70.2 Å². The minimum Gasteiger partial charge on any atom is -0.481 e. The molecule has 1 unspecified atom stereocenters. The standard InChI is InChI=1S/C23H32O7/c1-12(25)30-19-9-14(26)8-13-4-5-15-16-6-7-23(29,18(28)11-24)21(16,2)10-17(27)20(15)22(13,19)3/h8,15-17,19-20,24-25,27,29H,1,4-7,9-11H2,2-3H3/t15-,16-,17-,19?,20+,21-,22+,23-/m0/s1. The molecule has 3 saturated carbocycles. The van der Waals surface area contributed by atoms with E-state index in [1.54, 1.807) is 6.08 Å². The minimum absolute atomic E-state index is 0.000353. The smallest absolute Gasteiger partial charge is 0.269 e. The average molecular weight is 421 g/mol. The van der Waals surface area contributed by atoms with Gasteiger partial charge in [-0.15, -0.1) is 0 Å². The summed E-state index contributed by atoms with van der Waals surface area (Å²) < 4.78 is 5.62. The summed E-state index contributed by atoms with van der Waals surface area (Å²) in [5.41, 5.74) is -2.21. The van der Waals surface area contributed by atoms with Crippen molar-refractivity contribution in [3.63, 3.8) is 0 Å². The van der Waals surface area contributed by atoms with Crippen molar-refractivity contribution < 1.29 is 34.8 Å². The van der Waals surface area contributed by atoms with Gasteiger partial charge in [0, 0.05) is 23.2 Å². The van der Waals surface area contributed by atoms with Crippen LogP contribution < -0.4 is 0 Å². The Morgan fingerprint density at radius 1 is 1.33 bits per heavy atom. The van der Waals surface area contributed by atoms with Crippen LogP contribution in [0.15, 0.2) is 24.2 Å². The Balaban J connectivity index is 1.77. The lowest BCUT2D eigenvalue weighted by atomic mass is 9.44. The summed E-state index contributed by atoms with van der Waals surface area (Å²) in [5.74, 6) is -1.31. The van der Waals surface area contributed by atoms with Crippen LogP contribution in [0.4, 0.5) is 0 Å². The third-order valence-corrected chi connectivity index (χ3v) is 9.01. The Hall–Kier alpha value is -1.70. The number of hydrogen-bond donors (Lipinski definition) is 4. The van der Waals surface area contributed by atoms with Crippen molar-refractivity contribution in [2.75, 3.05) is 6.61 Å². The van der Waals surface area contributed by atoms with Crippen molar-refractivity contribution in [3.8, 4) is 0 Å². The zero-order chi connectivity index (χ0) is 22.1. The zero-order valence-corrected chi connectivity index (χ0v) is 17.6. The van der Waals surface area contributed by atoms with E-state index < -0.39 is 47.0 Å². The molecule has 0 aromatic heterocycles. The van der Waals surface area contributed by atoms with Crippen LogP contribution in [-0.4, -0.2) is 56.4 Å². The van der Waals surface area contributed by atoms with Gasteiger partial charge in [-0.25, -0.2) is 0 Å². The van der Waals surface area contributed by atoms with E-state index in [0.29, 0.717) is 12.8 Å². The van der Waals surface area contributed by atoms with E-state index in [0.717, 1.165) is 12.0 Å². The molecule has 3 fully saturated rings. The van der Waals surface area contributed by atoms with E-state index >= 15 is 0 Å². The molecule has 7 nitrogen and oxygen atoms in total. The van der Waals surface area contributed by atoms with Crippen LogP contribution in [-0.2, 0) is 14.3 Å². The predicted octanol–water partition coefficient (Wildman–Crippen LogP) is 1.81. The van der Waals surface area contributed by atoms with Crippen LogP contribution in [0.3, 0.4) is 0 Å². The largest absolute Gasteiger partial charge is 0.481 e. The molecule has 0 aromatic carbocycles. The molecule has 4 N–H and O–H groups in total. The number of aliphatic hydroxyl groups is 4. The van der Waals surface area contributed by atoms with Crippen LogP contribution in [0, 0.1) is 28.6 Å². The second-order valence-electron chi connectivity index (χ2n) is 10.1. The summed E-state index contributed by atoms with van der Waals surface area (Å²) in [6.45, 7) is 6.55. The number of ether oxygens (including phenoxy) is 1. The van der Waals surface area contributed by atoms with Gasteiger partial charge in [-0.05, 0) is 56.6 Å². The normalized spacial score (nSPS) is 47.6. The first-order chi connectivity index (χ1) is 14.0. The number of aliphatic hydroxyl groups excluding tert-OH is 3. The van der Waals surface area contributed by atoms with Gasteiger partial charge < -0.3 is 25.2 Å². The molecule has 166 valence electrons. The van der Waals surface area contributed by atoms with Gasteiger partial charge in [-0.3, -0.25) is 9.59 Å². The van der Waals surface area contributed by atoms with E-state index in [1.807, 2.05) is 13.8 Å². The number of rotatable bonds is 4. The summed E-state index contributed by atoms with van der Waals surface area (Å²) in [6, 6.07) is 0. The topological polar surface area (TPSA) is 124 Å². The Labute approximate surface area is 176 Å². The highest BCUT2D eigenvalue weighted by atomic mass is 16.6. The fraction of sp³-hybridized carbons (Fsp3) is 0.739. The maximum Gasteiger partial charge on any atom is 0.269 e. The number of carbonyl (C=O) groups excluding carboxylic acids is 2. The monoisotopic (exact) mass is 420 g/mol. The molecule has 0 radical (unpaired) electrons. The first-order valence-electron chi connectivity index (χ1n) is 10.8. The predicted molar refractivity (Wildman–Crippen MR) is 107 cm³/mol. The van der Waals surface area contributed by atoms with Crippen LogP contribution >= 0.6 is 0 Å². The lowest BCUT2D eigenvalue weighted by Crippen LogP contribution is -2.64. The minimum atomic E-state index is -1.65. The molecule has 0 heterocycles. The molecule has 7 heteroatoms. The summed E-state index contributed by atoms with van der Waals surface area (Å²) in [5, 5.41) is 41.8. The van der Waals surface area contributed by atoms with Crippen LogP contribution in [0.25, 0.3) is 0 Å². The van der Waals surface area contributed by atoms with Gasteiger partial charge in [0.25, 0.3) is 5.95 Å². The first-order valence-corrected chi connectivity index (χ1v) is 10.8.